The molecule has 0 spiro atoms. The van der Waals surface area contributed by atoms with Gasteiger partial charge in [0.25, 0.3) is 5.91 Å². The van der Waals surface area contributed by atoms with E-state index in [4.69, 9.17) is 16.7 Å². The van der Waals surface area contributed by atoms with E-state index in [0.29, 0.717) is 11.3 Å². The number of rotatable bonds is 3. The van der Waals surface area contributed by atoms with Gasteiger partial charge in [-0.1, -0.05) is 27.5 Å². The number of carboxylic acid groups (broad SMARTS) is 1. The van der Waals surface area contributed by atoms with Crippen molar-refractivity contribution in [3.63, 3.8) is 0 Å². The van der Waals surface area contributed by atoms with E-state index >= 15 is 0 Å². The fraction of sp³-hybridized carbons (Fsp3) is 0.0667. The molecule has 4 nitrogen and oxygen atoms in total. The van der Waals surface area contributed by atoms with Gasteiger partial charge in [-0.2, -0.15) is 0 Å². The van der Waals surface area contributed by atoms with E-state index in [1.807, 2.05) is 13.0 Å². The lowest BCUT2D eigenvalue weighted by Crippen LogP contribution is -2.14. The van der Waals surface area contributed by atoms with Gasteiger partial charge in [-0.15, -0.1) is 0 Å². The summed E-state index contributed by atoms with van der Waals surface area (Å²) < 4.78 is 0.889. The molecule has 1 amide bonds. The summed E-state index contributed by atoms with van der Waals surface area (Å²) in [6.45, 7) is 1.83. The molecule has 2 N–H and O–H groups in total. The molecule has 0 aliphatic carbocycles. The van der Waals surface area contributed by atoms with Crippen LogP contribution in [0.25, 0.3) is 0 Å². The number of aryl methyl sites for hydroxylation is 1. The van der Waals surface area contributed by atoms with Gasteiger partial charge < -0.3 is 10.4 Å². The second-order valence-electron chi connectivity index (χ2n) is 4.41. The monoisotopic (exact) mass is 367 g/mol. The van der Waals surface area contributed by atoms with Crippen LogP contribution in [0.1, 0.15) is 26.3 Å². The van der Waals surface area contributed by atoms with Crippen LogP contribution in [-0.4, -0.2) is 17.0 Å². The highest BCUT2D eigenvalue weighted by Crippen LogP contribution is 2.24. The minimum atomic E-state index is -1.07. The first-order chi connectivity index (χ1) is 9.88. The lowest BCUT2D eigenvalue weighted by atomic mass is 10.1. The quantitative estimate of drug-likeness (QED) is 0.846. The Bertz CT molecular complexity index is 731. The zero-order chi connectivity index (χ0) is 15.6. The Morgan fingerprint density at radius 2 is 1.90 bits per heavy atom. The van der Waals surface area contributed by atoms with Crippen molar-refractivity contribution >= 4 is 45.1 Å². The smallest absolute Gasteiger partial charge is 0.335 e. The average molecular weight is 369 g/mol. The van der Waals surface area contributed by atoms with Crippen LogP contribution in [-0.2, 0) is 0 Å². The van der Waals surface area contributed by atoms with Crippen molar-refractivity contribution in [3.05, 3.63) is 62.6 Å². The van der Waals surface area contributed by atoms with Crippen LogP contribution >= 0.6 is 27.5 Å². The highest BCUT2D eigenvalue weighted by molar-refractivity contribution is 9.10. The summed E-state index contributed by atoms with van der Waals surface area (Å²) in [7, 11) is 0. The summed E-state index contributed by atoms with van der Waals surface area (Å²) in [5, 5.41) is 11.7. The third kappa shape index (κ3) is 3.62. The number of carbonyl (C=O) groups is 2. The molecule has 2 aromatic rings. The van der Waals surface area contributed by atoms with Crippen LogP contribution in [0.5, 0.6) is 0 Å². The van der Waals surface area contributed by atoms with E-state index in [1.54, 1.807) is 12.1 Å². The van der Waals surface area contributed by atoms with E-state index < -0.39 is 5.97 Å². The van der Waals surface area contributed by atoms with Gasteiger partial charge in [-0.3, -0.25) is 4.79 Å². The van der Waals surface area contributed by atoms with Crippen molar-refractivity contribution in [2.24, 2.45) is 0 Å². The van der Waals surface area contributed by atoms with Crippen LogP contribution in [0.4, 0.5) is 5.69 Å². The molecule has 0 unspecified atom stereocenters. The van der Waals surface area contributed by atoms with E-state index in [9.17, 15) is 9.59 Å². The van der Waals surface area contributed by atoms with Crippen LogP contribution in [0.2, 0.25) is 5.02 Å². The fourth-order valence-electron chi connectivity index (χ4n) is 1.82. The average Bonchev–Trinajstić information content (AvgIpc) is 2.40. The van der Waals surface area contributed by atoms with Gasteiger partial charge in [0, 0.05) is 10.0 Å². The predicted octanol–water partition coefficient (Wildman–Crippen LogP) is 4.36. The van der Waals surface area contributed by atoms with E-state index in [-0.39, 0.29) is 16.5 Å². The Labute approximate surface area is 134 Å². The molecule has 0 saturated carbocycles. The Kier molecular flexibility index (Phi) is 4.65. The summed E-state index contributed by atoms with van der Waals surface area (Å²) in [4.78, 5) is 23.1. The van der Waals surface area contributed by atoms with E-state index in [2.05, 4.69) is 21.2 Å². The van der Waals surface area contributed by atoms with Crippen LogP contribution < -0.4 is 5.32 Å². The molecule has 0 fully saturated rings. The highest BCUT2D eigenvalue weighted by Gasteiger charge is 2.13. The number of amides is 1. The molecule has 0 saturated heterocycles. The maximum absolute atomic E-state index is 12.2. The van der Waals surface area contributed by atoms with E-state index in [0.717, 1.165) is 10.0 Å². The second-order valence-corrected chi connectivity index (χ2v) is 5.74. The minimum absolute atomic E-state index is 0.0674. The van der Waals surface area contributed by atoms with Gasteiger partial charge in [0.2, 0.25) is 0 Å². The van der Waals surface area contributed by atoms with Crippen LogP contribution in [0, 0.1) is 6.92 Å². The van der Waals surface area contributed by atoms with Gasteiger partial charge in [0.05, 0.1) is 16.3 Å². The molecule has 6 heteroatoms. The molecule has 2 rings (SSSR count). The Balaban J connectivity index is 2.25. The Hall–Kier alpha value is -1.85. The van der Waals surface area contributed by atoms with Crippen LogP contribution in [0.15, 0.2) is 40.9 Å². The molecule has 0 atom stereocenters. The minimum Gasteiger partial charge on any atom is -0.478 e. The van der Waals surface area contributed by atoms with Crippen molar-refractivity contribution in [1.82, 2.24) is 0 Å². The number of benzene rings is 2. The predicted molar refractivity (Wildman–Crippen MR) is 85.2 cm³/mol. The van der Waals surface area contributed by atoms with Crippen molar-refractivity contribution in [2.75, 3.05) is 5.32 Å². The lowest BCUT2D eigenvalue weighted by Gasteiger charge is -2.10. The fourth-order valence-corrected chi connectivity index (χ4v) is 2.52. The Morgan fingerprint density at radius 3 is 2.48 bits per heavy atom. The van der Waals surface area contributed by atoms with Gasteiger partial charge in [0.1, 0.15) is 0 Å². The first kappa shape index (κ1) is 15.5. The molecule has 0 bridgehead atoms. The highest BCUT2D eigenvalue weighted by atomic mass is 79.9. The number of hydrogen-bond acceptors (Lipinski definition) is 2. The molecule has 0 aromatic heterocycles. The van der Waals surface area contributed by atoms with E-state index in [1.165, 1.54) is 18.2 Å². The number of nitrogens with one attached hydrogen (secondary N) is 1. The van der Waals surface area contributed by atoms with Crippen molar-refractivity contribution in [1.29, 1.82) is 0 Å². The van der Waals surface area contributed by atoms with Crippen LogP contribution in [0.3, 0.4) is 0 Å². The molecule has 0 aliphatic rings. The van der Waals surface area contributed by atoms with Crippen molar-refractivity contribution in [2.45, 2.75) is 6.92 Å². The number of anilines is 1. The number of carboxylic acids is 1. The Morgan fingerprint density at radius 1 is 1.19 bits per heavy atom. The number of carbonyl (C=O) groups excluding carboxylic acids is 1. The first-order valence-electron chi connectivity index (χ1n) is 5.99. The summed E-state index contributed by atoms with van der Waals surface area (Å²) >= 11 is 9.32. The summed E-state index contributed by atoms with van der Waals surface area (Å²) in [5.74, 6) is -1.37. The third-order valence-electron chi connectivity index (χ3n) is 2.90. The maximum Gasteiger partial charge on any atom is 0.335 e. The normalized spacial score (nSPS) is 10.2. The van der Waals surface area contributed by atoms with Gasteiger partial charge in [-0.25, -0.2) is 4.79 Å². The SMILES string of the molecule is Cc1cc(Br)ccc1C(=O)Nc1ccc(C(=O)O)cc1Cl. The largest absolute Gasteiger partial charge is 0.478 e. The van der Waals surface area contributed by atoms with Gasteiger partial charge in [-0.05, 0) is 48.9 Å². The lowest BCUT2D eigenvalue weighted by molar-refractivity contribution is 0.0696. The zero-order valence-electron chi connectivity index (χ0n) is 11.0. The molecule has 0 heterocycles. The molecular formula is C15H11BrClNO3. The molecule has 108 valence electrons. The number of aromatic carboxylic acids is 1. The van der Waals surface area contributed by atoms with Gasteiger partial charge >= 0.3 is 5.97 Å². The first-order valence-corrected chi connectivity index (χ1v) is 7.16. The summed E-state index contributed by atoms with van der Waals surface area (Å²) in [6, 6.07) is 9.47. The van der Waals surface area contributed by atoms with Crippen molar-refractivity contribution in [3.8, 4) is 0 Å². The van der Waals surface area contributed by atoms with Gasteiger partial charge in [0.15, 0.2) is 0 Å². The molecule has 21 heavy (non-hydrogen) atoms. The standard InChI is InChI=1S/C15H11BrClNO3/c1-8-6-10(16)3-4-11(8)14(19)18-13-5-2-9(15(20)21)7-12(13)17/h2-7H,1H3,(H,18,19)(H,20,21). The molecule has 2 aromatic carbocycles. The summed E-state index contributed by atoms with van der Waals surface area (Å²) in [5.41, 5.74) is 1.78. The zero-order valence-corrected chi connectivity index (χ0v) is 13.3. The topological polar surface area (TPSA) is 66.4 Å². The van der Waals surface area contributed by atoms with Crippen molar-refractivity contribution < 1.29 is 14.7 Å². The molecular weight excluding hydrogens is 358 g/mol. The molecule has 0 aliphatic heterocycles. The number of halogens is 2. The second kappa shape index (κ2) is 6.28. The maximum atomic E-state index is 12.2. The number of hydrogen-bond donors (Lipinski definition) is 2. The summed E-state index contributed by atoms with van der Waals surface area (Å²) in [6.07, 6.45) is 0. The molecule has 0 radical (unpaired) electrons. The third-order valence-corrected chi connectivity index (χ3v) is 3.70.